The van der Waals surface area contributed by atoms with Gasteiger partial charge in [-0.25, -0.2) is 13.8 Å². The van der Waals surface area contributed by atoms with E-state index in [0.717, 1.165) is 23.5 Å². The molecule has 0 aliphatic rings. The molecular formula is C24H19F2N5O2. The first kappa shape index (κ1) is 20.6. The molecule has 5 rings (SSSR count). The van der Waals surface area contributed by atoms with Crippen molar-refractivity contribution in [1.29, 1.82) is 0 Å². The second-order valence-electron chi connectivity index (χ2n) is 7.68. The molecule has 0 saturated carbocycles. The Bertz CT molecular complexity index is 1560. The first-order chi connectivity index (χ1) is 15.8. The number of anilines is 1. The molecule has 33 heavy (non-hydrogen) atoms. The van der Waals surface area contributed by atoms with Crippen LogP contribution in [0.1, 0.15) is 21.9 Å². The molecule has 0 radical (unpaired) electrons. The molecule has 7 nitrogen and oxygen atoms in total. The van der Waals surface area contributed by atoms with E-state index in [2.05, 4.69) is 9.97 Å². The summed E-state index contributed by atoms with van der Waals surface area (Å²) in [7, 11) is 3.42. The Morgan fingerprint density at radius 3 is 2.48 bits per heavy atom. The number of nitrogens with zero attached hydrogens (tertiary/aromatic N) is 4. The highest BCUT2D eigenvalue weighted by Crippen LogP contribution is 2.35. The normalized spacial score (nSPS) is 11.4. The fourth-order valence-corrected chi connectivity index (χ4v) is 3.97. The second-order valence-corrected chi connectivity index (χ2v) is 7.68. The van der Waals surface area contributed by atoms with Crippen molar-refractivity contribution in [2.24, 2.45) is 7.05 Å². The van der Waals surface area contributed by atoms with Gasteiger partial charge in [0.25, 0.3) is 0 Å². The van der Waals surface area contributed by atoms with Crippen LogP contribution in [-0.4, -0.2) is 31.8 Å². The van der Waals surface area contributed by atoms with Gasteiger partial charge in [0.15, 0.2) is 5.65 Å². The van der Waals surface area contributed by atoms with Crippen molar-refractivity contribution in [3.63, 3.8) is 0 Å². The third-order valence-electron chi connectivity index (χ3n) is 5.78. The number of methoxy groups -OCH3 is 1. The van der Waals surface area contributed by atoms with Gasteiger partial charge in [-0.1, -0.05) is 6.07 Å². The zero-order chi connectivity index (χ0) is 23.4. The third-order valence-corrected chi connectivity index (χ3v) is 5.78. The van der Waals surface area contributed by atoms with E-state index in [4.69, 9.17) is 10.5 Å². The molecule has 0 amide bonds. The fourth-order valence-electron chi connectivity index (χ4n) is 3.97. The number of halogens is 2. The standard InChI is InChI=1S/C24H19F2N5O2/c1-12-28-18-11-15(24(33-3)29-23(18)30(12)2)14-5-4-8-31-19(14)6-7-20(31)22(32)13-9-16(25)21(27)17(26)10-13/h4-11H,27H2,1-3H3. The van der Waals surface area contributed by atoms with Crippen molar-refractivity contribution >= 4 is 28.2 Å². The smallest absolute Gasteiger partial charge is 0.223 e. The molecule has 0 aliphatic carbocycles. The molecule has 4 aromatic heterocycles. The molecule has 9 heteroatoms. The van der Waals surface area contributed by atoms with Gasteiger partial charge in [0, 0.05) is 29.9 Å². The van der Waals surface area contributed by atoms with Crippen LogP contribution in [0.5, 0.6) is 5.88 Å². The zero-order valence-electron chi connectivity index (χ0n) is 18.1. The number of nitrogens with two attached hydrogens (primary N) is 1. The lowest BCUT2D eigenvalue weighted by Crippen LogP contribution is -2.08. The number of pyridine rings is 2. The first-order valence-corrected chi connectivity index (χ1v) is 10.1. The number of aryl methyl sites for hydroxylation is 2. The van der Waals surface area contributed by atoms with Gasteiger partial charge in [-0.05, 0) is 43.3 Å². The number of benzene rings is 1. The van der Waals surface area contributed by atoms with Gasteiger partial charge in [0.05, 0.1) is 18.3 Å². The van der Waals surface area contributed by atoms with Crippen molar-refractivity contribution in [2.75, 3.05) is 12.8 Å². The van der Waals surface area contributed by atoms with E-state index < -0.39 is 23.1 Å². The Morgan fingerprint density at radius 1 is 1.06 bits per heavy atom. The van der Waals surface area contributed by atoms with Crippen LogP contribution in [0, 0.1) is 18.6 Å². The average Bonchev–Trinajstić information content (AvgIpc) is 3.36. The molecule has 0 spiro atoms. The SMILES string of the molecule is COc1nc2c(cc1-c1cccn3c(C(=O)c4cc(F)c(N)c(F)c4)ccc13)nc(C)n2C. The summed E-state index contributed by atoms with van der Waals surface area (Å²) >= 11 is 0. The summed E-state index contributed by atoms with van der Waals surface area (Å²) in [5, 5.41) is 0. The first-order valence-electron chi connectivity index (χ1n) is 10.1. The predicted octanol–water partition coefficient (Wildman–Crippen LogP) is 4.30. The maximum atomic E-state index is 13.9. The molecule has 2 N–H and O–H groups in total. The molecule has 5 aromatic rings. The monoisotopic (exact) mass is 447 g/mol. The Hall–Kier alpha value is -4.27. The number of carbonyl (C=O) groups is 1. The van der Waals surface area contributed by atoms with Crippen LogP contribution < -0.4 is 10.5 Å². The number of hydrogen-bond acceptors (Lipinski definition) is 5. The topological polar surface area (TPSA) is 87.4 Å². The summed E-state index contributed by atoms with van der Waals surface area (Å²) in [5.41, 5.74) is 8.40. The van der Waals surface area contributed by atoms with Crippen molar-refractivity contribution in [3.8, 4) is 17.0 Å². The van der Waals surface area contributed by atoms with Crippen molar-refractivity contribution in [2.45, 2.75) is 6.92 Å². The summed E-state index contributed by atoms with van der Waals surface area (Å²) in [6.45, 7) is 1.89. The van der Waals surface area contributed by atoms with Crippen LogP contribution in [0.3, 0.4) is 0 Å². The van der Waals surface area contributed by atoms with Gasteiger partial charge in [-0.2, -0.15) is 4.98 Å². The van der Waals surface area contributed by atoms with E-state index in [0.29, 0.717) is 28.1 Å². The molecule has 4 heterocycles. The highest BCUT2D eigenvalue weighted by Gasteiger charge is 2.21. The summed E-state index contributed by atoms with van der Waals surface area (Å²) in [4.78, 5) is 22.3. The Labute approximate surface area is 187 Å². The maximum absolute atomic E-state index is 13.9. The maximum Gasteiger partial charge on any atom is 0.223 e. The minimum absolute atomic E-state index is 0.130. The minimum Gasteiger partial charge on any atom is -0.480 e. The molecule has 0 aliphatic heterocycles. The molecule has 166 valence electrons. The lowest BCUT2D eigenvalue weighted by atomic mass is 10.1. The molecule has 0 atom stereocenters. The van der Waals surface area contributed by atoms with Gasteiger partial charge in [-0.15, -0.1) is 0 Å². The van der Waals surface area contributed by atoms with Crippen LogP contribution in [0.2, 0.25) is 0 Å². The van der Waals surface area contributed by atoms with E-state index in [9.17, 15) is 13.6 Å². The van der Waals surface area contributed by atoms with Gasteiger partial charge in [0.1, 0.15) is 28.7 Å². The summed E-state index contributed by atoms with van der Waals surface area (Å²) in [6, 6.07) is 10.8. The van der Waals surface area contributed by atoms with Gasteiger partial charge in [0.2, 0.25) is 11.7 Å². The molecule has 0 unspecified atom stereocenters. The number of aromatic nitrogens is 4. The van der Waals surface area contributed by atoms with Crippen LogP contribution in [0.25, 0.3) is 27.8 Å². The molecular weight excluding hydrogens is 428 g/mol. The lowest BCUT2D eigenvalue weighted by Gasteiger charge is -2.11. The van der Waals surface area contributed by atoms with E-state index in [1.165, 1.54) is 7.11 Å². The van der Waals surface area contributed by atoms with Crippen LogP contribution in [0.4, 0.5) is 14.5 Å². The van der Waals surface area contributed by atoms with Gasteiger partial charge >= 0.3 is 0 Å². The zero-order valence-corrected chi connectivity index (χ0v) is 18.1. The summed E-state index contributed by atoms with van der Waals surface area (Å²) in [5.74, 6) is -1.26. The molecule has 0 bridgehead atoms. The summed E-state index contributed by atoms with van der Waals surface area (Å²) < 4.78 is 37.0. The number of imidazole rings is 1. The number of rotatable bonds is 4. The van der Waals surface area contributed by atoms with Crippen molar-refractivity contribution < 1.29 is 18.3 Å². The fraction of sp³-hybridized carbons (Fsp3) is 0.125. The van der Waals surface area contributed by atoms with Crippen LogP contribution in [0.15, 0.2) is 48.7 Å². The number of carbonyl (C=O) groups excluding carboxylic acids is 1. The Morgan fingerprint density at radius 2 is 1.79 bits per heavy atom. The highest BCUT2D eigenvalue weighted by molar-refractivity contribution is 6.09. The number of ketones is 1. The van der Waals surface area contributed by atoms with Crippen LogP contribution >= 0.6 is 0 Å². The quantitative estimate of drug-likeness (QED) is 0.328. The number of nitrogen functional groups attached to an aromatic ring is 1. The van der Waals surface area contributed by atoms with E-state index in [-0.39, 0.29) is 11.3 Å². The Kier molecular flexibility index (Phi) is 4.63. The number of ether oxygens (including phenoxy) is 1. The molecule has 0 saturated heterocycles. The predicted molar refractivity (Wildman–Crippen MR) is 120 cm³/mol. The van der Waals surface area contributed by atoms with Gasteiger partial charge < -0.3 is 19.4 Å². The number of fused-ring (bicyclic) bond motifs is 2. The van der Waals surface area contributed by atoms with E-state index >= 15 is 0 Å². The largest absolute Gasteiger partial charge is 0.480 e. The van der Waals surface area contributed by atoms with Gasteiger partial charge in [-0.3, -0.25) is 4.79 Å². The summed E-state index contributed by atoms with van der Waals surface area (Å²) in [6.07, 6.45) is 1.71. The Balaban J connectivity index is 1.68. The second kappa shape index (κ2) is 7.40. The van der Waals surface area contributed by atoms with Crippen molar-refractivity contribution in [1.82, 2.24) is 18.9 Å². The lowest BCUT2D eigenvalue weighted by molar-refractivity contribution is 0.103. The minimum atomic E-state index is -0.977. The molecule has 0 fully saturated rings. The van der Waals surface area contributed by atoms with Crippen molar-refractivity contribution in [3.05, 3.63) is 77.4 Å². The average molecular weight is 447 g/mol. The van der Waals surface area contributed by atoms with Crippen LogP contribution in [-0.2, 0) is 7.05 Å². The third kappa shape index (κ3) is 3.12. The molecule has 1 aromatic carbocycles. The highest BCUT2D eigenvalue weighted by atomic mass is 19.1. The van der Waals surface area contributed by atoms with E-state index in [1.807, 2.05) is 30.7 Å². The number of hydrogen-bond donors (Lipinski definition) is 1. The van der Waals surface area contributed by atoms with E-state index in [1.54, 1.807) is 28.8 Å².